The Morgan fingerprint density at radius 3 is 2.52 bits per heavy atom. The van der Waals surface area contributed by atoms with Gasteiger partial charge in [-0.25, -0.2) is 19.3 Å². The monoisotopic (exact) mass is 602 g/mol. The van der Waals surface area contributed by atoms with Crippen LogP contribution in [0.5, 0.6) is 11.5 Å². The summed E-state index contributed by atoms with van der Waals surface area (Å²) in [4.78, 5) is 39.4. The lowest BCUT2D eigenvalue weighted by Crippen LogP contribution is -2.39. The highest BCUT2D eigenvalue weighted by Crippen LogP contribution is 2.31. The Kier molecular flexibility index (Phi) is 12.0. The predicted molar refractivity (Wildman–Crippen MR) is 169 cm³/mol. The largest absolute Gasteiger partial charge is 0.457 e. The van der Waals surface area contributed by atoms with Crippen molar-refractivity contribution in [3.05, 3.63) is 78.7 Å². The SMILES string of the molecule is C=CC(=O)N1CCC(C(=N)c2c(N)ncnc2Nc2ccc(Oc3ccnc(NC)c3)cc2F)CC1.CN=C/C(C=O)=C\N. The average Bonchev–Trinajstić information content (AvgIpc) is 3.04. The number of carbonyl (C=O) groups is 2. The maximum Gasteiger partial charge on any atom is 0.245 e. The lowest BCUT2D eigenvalue weighted by atomic mass is 9.88. The van der Waals surface area contributed by atoms with E-state index in [4.69, 9.17) is 21.6 Å². The molecule has 1 aliphatic rings. The molecule has 44 heavy (non-hydrogen) atoms. The topological polar surface area (TPSA) is 198 Å². The molecule has 0 bridgehead atoms. The summed E-state index contributed by atoms with van der Waals surface area (Å²) in [7, 11) is 3.32. The number of nitrogens with zero attached hydrogens (tertiary/aromatic N) is 5. The first kappa shape index (κ1) is 32.8. The molecule has 1 aliphatic heterocycles. The fourth-order valence-electron chi connectivity index (χ4n) is 4.28. The molecule has 0 saturated carbocycles. The second-order valence-electron chi connectivity index (χ2n) is 9.37. The summed E-state index contributed by atoms with van der Waals surface area (Å²) in [6.45, 7) is 4.55. The number of nitrogens with two attached hydrogens (primary N) is 2. The number of benzene rings is 1. The molecule has 0 aliphatic carbocycles. The maximum atomic E-state index is 15.0. The molecule has 4 rings (SSSR count). The number of nitrogen functional groups attached to an aromatic ring is 1. The number of amides is 1. The zero-order valence-electron chi connectivity index (χ0n) is 24.5. The Balaban J connectivity index is 0.000000583. The van der Waals surface area contributed by atoms with Crippen molar-refractivity contribution in [2.75, 3.05) is 43.6 Å². The van der Waals surface area contributed by atoms with Gasteiger partial charge in [0.05, 0.1) is 11.3 Å². The van der Waals surface area contributed by atoms with E-state index in [0.29, 0.717) is 60.7 Å². The van der Waals surface area contributed by atoms with Crippen LogP contribution >= 0.6 is 0 Å². The highest BCUT2D eigenvalue weighted by atomic mass is 19.1. The van der Waals surface area contributed by atoms with Gasteiger partial charge < -0.3 is 37.1 Å². The van der Waals surface area contributed by atoms with Crippen molar-refractivity contribution < 1.29 is 18.7 Å². The molecule has 230 valence electrons. The first-order valence-corrected chi connectivity index (χ1v) is 13.5. The van der Waals surface area contributed by atoms with E-state index in [2.05, 4.69) is 37.2 Å². The van der Waals surface area contributed by atoms with Crippen LogP contribution in [0.1, 0.15) is 18.4 Å². The number of likely N-dealkylation sites (tertiary alicyclic amines) is 1. The molecule has 1 aromatic carbocycles. The number of ether oxygens (including phenoxy) is 1. The Bertz CT molecular complexity index is 1550. The van der Waals surface area contributed by atoms with Crippen LogP contribution in [0.4, 0.5) is 27.5 Å². The van der Waals surface area contributed by atoms with Crippen LogP contribution < -0.4 is 26.8 Å². The van der Waals surface area contributed by atoms with E-state index in [1.165, 1.54) is 37.0 Å². The summed E-state index contributed by atoms with van der Waals surface area (Å²) < 4.78 is 20.7. The van der Waals surface area contributed by atoms with Gasteiger partial charge in [0, 0.05) is 75.1 Å². The smallest absolute Gasteiger partial charge is 0.245 e. The summed E-state index contributed by atoms with van der Waals surface area (Å²) in [5, 5.41) is 14.7. The van der Waals surface area contributed by atoms with E-state index in [0.717, 1.165) is 0 Å². The number of pyridine rings is 1. The van der Waals surface area contributed by atoms with Crippen molar-refractivity contribution in [3.8, 4) is 11.5 Å². The molecule has 0 unspecified atom stereocenters. The van der Waals surface area contributed by atoms with Crippen LogP contribution in [0.2, 0.25) is 0 Å². The van der Waals surface area contributed by atoms with Gasteiger partial charge in [-0.1, -0.05) is 6.58 Å². The van der Waals surface area contributed by atoms with Crippen LogP contribution in [0, 0.1) is 17.1 Å². The zero-order chi connectivity index (χ0) is 32.1. The fraction of sp³-hybridized carbons (Fsp3) is 0.233. The van der Waals surface area contributed by atoms with Gasteiger partial charge in [-0.3, -0.25) is 14.6 Å². The van der Waals surface area contributed by atoms with Crippen molar-refractivity contribution in [1.82, 2.24) is 19.9 Å². The molecular formula is C30H35FN10O3. The molecule has 0 spiro atoms. The van der Waals surface area contributed by atoms with Crippen molar-refractivity contribution in [3.63, 3.8) is 0 Å². The number of anilines is 4. The van der Waals surface area contributed by atoms with Crippen LogP contribution in [-0.2, 0) is 9.59 Å². The molecule has 1 saturated heterocycles. The van der Waals surface area contributed by atoms with Gasteiger partial charge in [0.15, 0.2) is 6.29 Å². The Hall–Kier alpha value is -5.66. The minimum atomic E-state index is -0.568. The molecule has 3 heterocycles. The summed E-state index contributed by atoms with van der Waals surface area (Å²) >= 11 is 0. The van der Waals surface area contributed by atoms with Crippen LogP contribution in [-0.4, -0.2) is 71.2 Å². The number of rotatable bonds is 10. The average molecular weight is 603 g/mol. The van der Waals surface area contributed by atoms with Crippen molar-refractivity contribution in [1.29, 1.82) is 5.41 Å². The van der Waals surface area contributed by atoms with Crippen molar-refractivity contribution in [2.24, 2.45) is 16.6 Å². The normalized spacial score (nSPS) is 13.4. The number of hydrogen-bond acceptors (Lipinski definition) is 12. The summed E-state index contributed by atoms with van der Waals surface area (Å²) in [6, 6.07) is 7.76. The number of halogens is 1. The van der Waals surface area contributed by atoms with Crippen molar-refractivity contribution >= 4 is 47.3 Å². The van der Waals surface area contributed by atoms with Crippen LogP contribution in [0.15, 0.2) is 72.3 Å². The van der Waals surface area contributed by atoms with E-state index < -0.39 is 5.82 Å². The molecule has 1 amide bonds. The molecule has 7 N–H and O–H groups in total. The third-order valence-corrected chi connectivity index (χ3v) is 6.56. The second kappa shape index (κ2) is 16.1. The summed E-state index contributed by atoms with van der Waals surface area (Å²) in [6.07, 6.45) is 8.58. The first-order valence-electron chi connectivity index (χ1n) is 13.5. The molecule has 1 fully saturated rings. The molecule has 13 nitrogen and oxygen atoms in total. The number of nitrogens with one attached hydrogen (secondary N) is 3. The van der Waals surface area contributed by atoms with E-state index in [1.807, 2.05) is 0 Å². The Morgan fingerprint density at radius 2 is 1.93 bits per heavy atom. The highest BCUT2D eigenvalue weighted by molar-refractivity contribution is 6.08. The molecular weight excluding hydrogens is 567 g/mol. The minimum Gasteiger partial charge on any atom is -0.457 e. The number of carbonyl (C=O) groups excluding carboxylic acids is 2. The zero-order valence-corrected chi connectivity index (χ0v) is 24.5. The van der Waals surface area contributed by atoms with Crippen molar-refractivity contribution in [2.45, 2.75) is 12.8 Å². The Morgan fingerprint density at radius 1 is 1.20 bits per heavy atom. The molecule has 3 aromatic rings. The molecule has 0 radical (unpaired) electrons. The number of aromatic nitrogens is 3. The number of aliphatic imine (C=N–C) groups is 1. The lowest BCUT2D eigenvalue weighted by molar-refractivity contribution is -0.127. The lowest BCUT2D eigenvalue weighted by Gasteiger charge is -2.32. The van der Waals surface area contributed by atoms with Gasteiger partial charge in [-0.05, 0) is 37.1 Å². The minimum absolute atomic E-state index is 0.125. The third kappa shape index (κ3) is 8.67. The fourth-order valence-corrected chi connectivity index (χ4v) is 4.28. The Labute approximate surface area is 254 Å². The van der Waals surface area contributed by atoms with Gasteiger partial charge >= 0.3 is 0 Å². The standard InChI is InChI=1S/C25H27FN8O2.C5H8N2O/c1-3-21(35)34-10-7-15(8-11-34)23(27)22-24(28)31-14-32-25(22)33-19-5-4-16(12-18(19)26)36-17-6-9-30-20(13-17)29-2;1-7-3-5(2-6)4-8/h3-6,9,12-15,27H,1,7-8,10-11H2,2H3,(H,29,30)(H3,28,31,32,33);2-4H,6H2,1H3/b;5-2+,7-3?. The number of allylic oxidation sites excluding steroid dienone is 1. The van der Waals surface area contributed by atoms with E-state index in [1.54, 1.807) is 43.4 Å². The second-order valence-corrected chi connectivity index (χ2v) is 9.37. The van der Waals surface area contributed by atoms with E-state index in [-0.39, 0.29) is 34.9 Å². The van der Waals surface area contributed by atoms with Gasteiger partial charge in [-0.2, -0.15) is 0 Å². The first-order chi connectivity index (χ1) is 21.2. The quantitative estimate of drug-likeness (QED) is 0.130. The molecule has 2 aromatic heterocycles. The maximum absolute atomic E-state index is 15.0. The van der Waals surface area contributed by atoms with Gasteiger partial charge in [0.2, 0.25) is 5.91 Å². The third-order valence-electron chi connectivity index (χ3n) is 6.56. The van der Waals surface area contributed by atoms with Gasteiger partial charge in [0.25, 0.3) is 0 Å². The summed E-state index contributed by atoms with van der Waals surface area (Å²) in [5.41, 5.74) is 12.2. The molecule has 0 atom stereocenters. The van der Waals surface area contributed by atoms with E-state index >= 15 is 0 Å². The number of hydrogen-bond donors (Lipinski definition) is 5. The van der Waals surface area contributed by atoms with Crippen LogP contribution in [0.25, 0.3) is 0 Å². The van der Waals surface area contributed by atoms with Crippen LogP contribution in [0.3, 0.4) is 0 Å². The van der Waals surface area contributed by atoms with Gasteiger partial charge in [0.1, 0.15) is 41.1 Å². The summed E-state index contributed by atoms with van der Waals surface area (Å²) in [5.74, 6) is 0.965. The predicted octanol–water partition coefficient (Wildman–Crippen LogP) is 3.69. The number of piperidine rings is 1. The van der Waals surface area contributed by atoms with Gasteiger partial charge in [-0.15, -0.1) is 0 Å². The number of aldehydes is 1. The molecule has 14 heteroatoms. The van der Waals surface area contributed by atoms with E-state index in [9.17, 15) is 14.0 Å². The highest BCUT2D eigenvalue weighted by Gasteiger charge is 2.28.